The van der Waals surface area contributed by atoms with Gasteiger partial charge in [0, 0.05) is 18.8 Å². The van der Waals surface area contributed by atoms with Gasteiger partial charge in [-0.15, -0.1) is 12.4 Å². The van der Waals surface area contributed by atoms with Crippen LogP contribution in [-0.2, 0) is 0 Å². The second-order valence-corrected chi connectivity index (χ2v) is 4.32. The summed E-state index contributed by atoms with van der Waals surface area (Å²) < 4.78 is 0. The number of hydrogen-bond donors (Lipinski definition) is 1. The first-order chi connectivity index (χ1) is 7.83. The number of nitrogens with zero attached hydrogens (tertiary/aromatic N) is 2. The van der Waals surface area contributed by atoms with Crippen LogP contribution in [0.25, 0.3) is 0 Å². The van der Waals surface area contributed by atoms with Gasteiger partial charge in [-0.05, 0) is 49.6 Å². The molecule has 0 radical (unpaired) electrons. The van der Waals surface area contributed by atoms with Gasteiger partial charge in [0.25, 0.3) is 0 Å². The van der Waals surface area contributed by atoms with Gasteiger partial charge in [-0.25, -0.2) is 0 Å². The maximum Gasteiger partial charge on any atom is 0.0991 e. The van der Waals surface area contributed by atoms with Crippen LogP contribution in [0.3, 0.4) is 0 Å². The zero-order chi connectivity index (χ0) is 11.4. The van der Waals surface area contributed by atoms with Gasteiger partial charge in [-0.1, -0.05) is 0 Å². The van der Waals surface area contributed by atoms with Crippen molar-refractivity contribution in [2.24, 2.45) is 11.7 Å². The molecule has 1 aromatic carbocycles. The van der Waals surface area contributed by atoms with E-state index in [9.17, 15) is 0 Å². The van der Waals surface area contributed by atoms with Crippen LogP contribution in [0.4, 0.5) is 5.69 Å². The number of piperidine rings is 1. The lowest BCUT2D eigenvalue weighted by molar-refractivity contribution is 0.414. The van der Waals surface area contributed by atoms with Crippen LogP contribution in [0.5, 0.6) is 0 Å². The van der Waals surface area contributed by atoms with Crippen molar-refractivity contribution in [1.29, 1.82) is 5.26 Å². The summed E-state index contributed by atoms with van der Waals surface area (Å²) in [7, 11) is 0. The average molecular weight is 252 g/mol. The number of hydrogen-bond acceptors (Lipinski definition) is 3. The first kappa shape index (κ1) is 13.8. The lowest BCUT2D eigenvalue weighted by Gasteiger charge is -2.33. The third kappa shape index (κ3) is 3.36. The molecule has 17 heavy (non-hydrogen) atoms. The van der Waals surface area contributed by atoms with Crippen molar-refractivity contribution in [3.05, 3.63) is 29.8 Å². The number of nitriles is 1. The molecule has 3 nitrogen and oxygen atoms in total. The first-order valence-electron chi connectivity index (χ1n) is 5.78. The van der Waals surface area contributed by atoms with E-state index in [2.05, 4.69) is 11.0 Å². The molecular formula is C13H18ClN3. The topological polar surface area (TPSA) is 53.0 Å². The Balaban J connectivity index is 0.00000144. The first-order valence-corrected chi connectivity index (χ1v) is 5.78. The van der Waals surface area contributed by atoms with Crippen molar-refractivity contribution in [2.45, 2.75) is 12.8 Å². The van der Waals surface area contributed by atoms with Gasteiger partial charge in [0.15, 0.2) is 0 Å². The van der Waals surface area contributed by atoms with Crippen LogP contribution in [0.1, 0.15) is 18.4 Å². The maximum absolute atomic E-state index is 8.73. The van der Waals surface area contributed by atoms with Gasteiger partial charge in [-0.2, -0.15) is 5.26 Å². The molecule has 1 saturated heterocycles. The van der Waals surface area contributed by atoms with Crippen LogP contribution >= 0.6 is 12.4 Å². The van der Waals surface area contributed by atoms with E-state index in [1.807, 2.05) is 24.3 Å². The molecule has 2 rings (SSSR count). The van der Waals surface area contributed by atoms with Gasteiger partial charge in [0.2, 0.25) is 0 Å². The molecule has 0 aliphatic carbocycles. The highest BCUT2D eigenvalue weighted by atomic mass is 35.5. The number of rotatable bonds is 2. The van der Waals surface area contributed by atoms with E-state index in [1.54, 1.807) is 0 Å². The Bertz CT molecular complexity index is 375. The quantitative estimate of drug-likeness (QED) is 0.876. The molecule has 1 aromatic rings. The number of halogens is 1. The Labute approximate surface area is 109 Å². The number of nitrogens with two attached hydrogens (primary N) is 1. The third-order valence-electron chi connectivity index (χ3n) is 3.31. The van der Waals surface area contributed by atoms with Gasteiger partial charge in [-0.3, -0.25) is 0 Å². The summed E-state index contributed by atoms with van der Waals surface area (Å²) in [5, 5.41) is 8.73. The van der Waals surface area contributed by atoms with Crippen LogP contribution < -0.4 is 10.6 Å². The molecular weight excluding hydrogens is 234 g/mol. The second kappa shape index (κ2) is 6.48. The molecule has 1 fully saturated rings. The molecule has 0 atom stereocenters. The standard InChI is InChI=1S/C13H17N3.ClH/c14-9-11-1-3-13(4-2-11)16-7-5-12(10-15)6-8-16;/h1-4,12H,5-8,10,15H2;1H. The summed E-state index contributed by atoms with van der Waals surface area (Å²) in [5.74, 6) is 0.689. The molecule has 0 saturated carbocycles. The number of anilines is 1. The van der Waals surface area contributed by atoms with Gasteiger partial charge < -0.3 is 10.6 Å². The van der Waals surface area contributed by atoms with Crippen LogP contribution in [0.2, 0.25) is 0 Å². The molecule has 1 heterocycles. The Morgan fingerprint density at radius 2 is 1.82 bits per heavy atom. The predicted molar refractivity (Wildman–Crippen MR) is 72.4 cm³/mol. The fourth-order valence-corrected chi connectivity index (χ4v) is 2.17. The summed E-state index contributed by atoms with van der Waals surface area (Å²) in [6.45, 7) is 2.96. The summed E-state index contributed by atoms with van der Waals surface area (Å²) in [6, 6.07) is 9.96. The zero-order valence-electron chi connectivity index (χ0n) is 9.80. The fourth-order valence-electron chi connectivity index (χ4n) is 2.17. The lowest BCUT2D eigenvalue weighted by atomic mass is 9.97. The Kier molecular flexibility index (Phi) is 5.27. The summed E-state index contributed by atoms with van der Waals surface area (Å²) in [6.07, 6.45) is 2.35. The van der Waals surface area contributed by atoms with E-state index in [0.29, 0.717) is 5.92 Å². The molecule has 0 aromatic heterocycles. The van der Waals surface area contributed by atoms with Crippen molar-refractivity contribution < 1.29 is 0 Å². The lowest BCUT2D eigenvalue weighted by Crippen LogP contribution is -2.35. The highest BCUT2D eigenvalue weighted by Crippen LogP contribution is 2.22. The van der Waals surface area contributed by atoms with Crippen LogP contribution in [-0.4, -0.2) is 19.6 Å². The van der Waals surface area contributed by atoms with E-state index in [-0.39, 0.29) is 12.4 Å². The van der Waals surface area contributed by atoms with Crippen molar-refractivity contribution in [2.75, 3.05) is 24.5 Å². The maximum atomic E-state index is 8.73. The van der Waals surface area contributed by atoms with Gasteiger partial charge in [0.05, 0.1) is 11.6 Å². The van der Waals surface area contributed by atoms with Crippen molar-refractivity contribution >= 4 is 18.1 Å². The van der Waals surface area contributed by atoms with Gasteiger partial charge in [0.1, 0.15) is 0 Å². The van der Waals surface area contributed by atoms with Crippen LogP contribution in [0.15, 0.2) is 24.3 Å². The molecule has 0 unspecified atom stereocenters. The molecule has 0 spiro atoms. The van der Waals surface area contributed by atoms with Crippen molar-refractivity contribution in [1.82, 2.24) is 0 Å². The van der Waals surface area contributed by atoms with Crippen molar-refractivity contribution in [3.63, 3.8) is 0 Å². The Morgan fingerprint density at radius 1 is 1.24 bits per heavy atom. The largest absolute Gasteiger partial charge is 0.372 e. The predicted octanol–water partition coefficient (Wildman–Crippen LogP) is 2.16. The Hall–Kier alpha value is -1.24. The van der Waals surface area contributed by atoms with Gasteiger partial charge >= 0.3 is 0 Å². The Morgan fingerprint density at radius 3 is 2.29 bits per heavy atom. The molecule has 1 aliphatic heterocycles. The monoisotopic (exact) mass is 251 g/mol. The molecule has 0 amide bonds. The number of benzene rings is 1. The molecule has 92 valence electrons. The summed E-state index contributed by atoms with van der Waals surface area (Å²) >= 11 is 0. The second-order valence-electron chi connectivity index (χ2n) is 4.32. The minimum Gasteiger partial charge on any atom is -0.372 e. The van der Waals surface area contributed by atoms with E-state index in [4.69, 9.17) is 11.0 Å². The summed E-state index contributed by atoms with van der Waals surface area (Å²) in [5.41, 5.74) is 7.61. The smallest absolute Gasteiger partial charge is 0.0991 e. The highest BCUT2D eigenvalue weighted by Gasteiger charge is 2.17. The SMILES string of the molecule is Cl.N#Cc1ccc(N2CCC(CN)CC2)cc1. The normalized spacial score (nSPS) is 16.1. The average Bonchev–Trinajstić information content (AvgIpc) is 2.39. The fraction of sp³-hybridized carbons (Fsp3) is 0.462. The molecule has 2 N–H and O–H groups in total. The third-order valence-corrected chi connectivity index (χ3v) is 3.31. The van der Waals surface area contributed by atoms with Crippen LogP contribution in [0, 0.1) is 17.2 Å². The summed E-state index contributed by atoms with van der Waals surface area (Å²) in [4.78, 5) is 2.37. The van der Waals surface area contributed by atoms with E-state index in [0.717, 1.165) is 25.2 Å². The van der Waals surface area contributed by atoms with E-state index in [1.165, 1.54) is 18.5 Å². The zero-order valence-corrected chi connectivity index (χ0v) is 10.6. The van der Waals surface area contributed by atoms with E-state index < -0.39 is 0 Å². The minimum atomic E-state index is 0. The molecule has 4 heteroatoms. The molecule has 0 bridgehead atoms. The van der Waals surface area contributed by atoms with Crippen molar-refractivity contribution in [3.8, 4) is 6.07 Å². The minimum absolute atomic E-state index is 0. The molecule has 1 aliphatic rings. The van der Waals surface area contributed by atoms with E-state index >= 15 is 0 Å². The highest BCUT2D eigenvalue weighted by molar-refractivity contribution is 5.85.